The molecule has 1 unspecified atom stereocenters. The van der Waals surface area contributed by atoms with Gasteiger partial charge in [0.2, 0.25) is 0 Å². The molecule has 1 nitrogen and oxygen atoms in total. The van der Waals surface area contributed by atoms with E-state index < -0.39 is 0 Å². The summed E-state index contributed by atoms with van der Waals surface area (Å²) in [5.74, 6) is 3.42. The van der Waals surface area contributed by atoms with Crippen molar-refractivity contribution in [2.45, 2.75) is 77.0 Å². The first-order valence-electron chi connectivity index (χ1n) is 11.7. The number of fused-ring (bicyclic) bond motifs is 1. The summed E-state index contributed by atoms with van der Waals surface area (Å²) in [5.41, 5.74) is 6.07. The van der Waals surface area contributed by atoms with Crippen molar-refractivity contribution in [1.82, 2.24) is 0 Å². The van der Waals surface area contributed by atoms with Gasteiger partial charge < -0.3 is 4.74 Å². The highest BCUT2D eigenvalue weighted by atomic mass is 16.5. The van der Waals surface area contributed by atoms with Crippen LogP contribution in [0, 0.1) is 5.92 Å². The van der Waals surface area contributed by atoms with Gasteiger partial charge in [0.25, 0.3) is 0 Å². The Morgan fingerprint density at radius 1 is 0.862 bits per heavy atom. The van der Waals surface area contributed by atoms with Crippen molar-refractivity contribution in [3.05, 3.63) is 76.9 Å². The molecule has 2 aromatic rings. The summed E-state index contributed by atoms with van der Waals surface area (Å²) in [7, 11) is 0. The van der Waals surface area contributed by atoms with Crippen LogP contribution in [0.2, 0.25) is 0 Å². The molecule has 0 radical (unpaired) electrons. The fourth-order valence-corrected chi connectivity index (χ4v) is 5.29. The zero-order chi connectivity index (χ0) is 20.1. The fraction of sp³-hybridized carbons (Fsp3) is 0.500. The molecule has 154 valence electrons. The van der Waals surface area contributed by atoms with Crippen molar-refractivity contribution in [3.8, 4) is 5.75 Å². The largest absolute Gasteiger partial charge is 0.490 e. The molecular formula is C28H36O. The van der Waals surface area contributed by atoms with Crippen LogP contribution >= 0.6 is 0 Å². The zero-order valence-corrected chi connectivity index (χ0v) is 18.2. The summed E-state index contributed by atoms with van der Waals surface area (Å²) < 4.78 is 5.82. The molecule has 1 atom stereocenters. The minimum atomic E-state index is 0.655. The number of hydrogen-bond acceptors (Lipinski definition) is 1. The van der Waals surface area contributed by atoms with Crippen LogP contribution in [0.1, 0.15) is 86.5 Å². The lowest BCUT2D eigenvalue weighted by molar-refractivity contribution is 0.319. The molecule has 29 heavy (non-hydrogen) atoms. The second-order valence-electron chi connectivity index (χ2n) is 9.04. The van der Waals surface area contributed by atoms with Crippen LogP contribution in [0.5, 0.6) is 5.75 Å². The number of benzene rings is 2. The molecule has 1 heteroatoms. The van der Waals surface area contributed by atoms with E-state index >= 15 is 0 Å². The van der Waals surface area contributed by atoms with Crippen molar-refractivity contribution in [3.63, 3.8) is 0 Å². The summed E-state index contributed by atoms with van der Waals surface area (Å²) in [6.07, 6.45) is 14.6. The highest BCUT2D eigenvalue weighted by Gasteiger charge is 2.23. The normalized spacial score (nSPS) is 24.4. The molecule has 4 rings (SSSR count). The van der Waals surface area contributed by atoms with Crippen LogP contribution in [0.15, 0.2) is 54.6 Å². The Morgan fingerprint density at radius 3 is 2.28 bits per heavy atom. The highest BCUT2D eigenvalue weighted by molar-refractivity contribution is 5.40. The van der Waals surface area contributed by atoms with Crippen molar-refractivity contribution in [1.29, 1.82) is 0 Å². The predicted molar refractivity (Wildman–Crippen MR) is 123 cm³/mol. The molecule has 0 amide bonds. The number of ether oxygens (including phenoxy) is 1. The van der Waals surface area contributed by atoms with Crippen LogP contribution in [0.25, 0.3) is 0 Å². The Kier molecular flexibility index (Phi) is 6.74. The average molecular weight is 389 g/mol. The zero-order valence-electron chi connectivity index (χ0n) is 18.2. The monoisotopic (exact) mass is 388 g/mol. The van der Waals surface area contributed by atoms with Gasteiger partial charge in [0.1, 0.15) is 12.4 Å². The van der Waals surface area contributed by atoms with E-state index in [1.54, 1.807) is 5.56 Å². The van der Waals surface area contributed by atoms with Crippen LogP contribution in [0.4, 0.5) is 0 Å². The van der Waals surface area contributed by atoms with Gasteiger partial charge in [0.05, 0.1) is 0 Å². The van der Waals surface area contributed by atoms with E-state index in [1.807, 2.05) is 13.0 Å². The summed E-state index contributed by atoms with van der Waals surface area (Å²) in [6, 6.07) is 16.4. The Labute approximate surface area is 177 Å². The van der Waals surface area contributed by atoms with Gasteiger partial charge in [-0.15, -0.1) is 0 Å². The third-order valence-electron chi connectivity index (χ3n) is 7.29. The summed E-state index contributed by atoms with van der Waals surface area (Å²) in [6.45, 7) is 5.03. The van der Waals surface area contributed by atoms with Gasteiger partial charge in [0, 0.05) is 0 Å². The second-order valence-corrected chi connectivity index (χ2v) is 9.04. The summed E-state index contributed by atoms with van der Waals surface area (Å²) in [5, 5.41) is 0. The SMILES string of the molecule is CC=CCOc1ccc2c(c1)CCC(c1ccc(C3CCC(CC)CC3)cc1)C2. The van der Waals surface area contributed by atoms with Crippen molar-refractivity contribution in [2.75, 3.05) is 6.61 Å². The standard InChI is InChI=1S/C28H36O/c1-3-5-18-29-28-17-16-26-19-25(14-15-27(26)20-28)24-12-10-23(11-13-24)22-8-6-21(4-2)7-9-22/h3,5,10-13,16-17,20-22,25H,4,6-9,14-15,18-19H2,1-2H3. The van der Waals surface area contributed by atoms with Gasteiger partial charge >= 0.3 is 0 Å². The smallest absolute Gasteiger partial charge is 0.120 e. The Balaban J connectivity index is 1.38. The minimum absolute atomic E-state index is 0.655. The van der Waals surface area contributed by atoms with Gasteiger partial charge in [-0.2, -0.15) is 0 Å². The number of allylic oxidation sites excluding steroid dienone is 1. The maximum atomic E-state index is 5.82. The predicted octanol–water partition coefficient (Wildman–Crippen LogP) is 7.60. The number of hydrogen-bond donors (Lipinski definition) is 0. The molecule has 0 saturated heterocycles. The summed E-state index contributed by atoms with van der Waals surface area (Å²) in [4.78, 5) is 0. The maximum absolute atomic E-state index is 5.82. The first kappa shape index (κ1) is 20.3. The molecule has 0 spiro atoms. The molecule has 0 aliphatic heterocycles. The first-order chi connectivity index (χ1) is 14.3. The lowest BCUT2D eigenvalue weighted by atomic mass is 9.76. The summed E-state index contributed by atoms with van der Waals surface area (Å²) >= 11 is 0. The van der Waals surface area contributed by atoms with Crippen molar-refractivity contribution < 1.29 is 4.74 Å². The van der Waals surface area contributed by atoms with Crippen LogP contribution in [-0.4, -0.2) is 6.61 Å². The van der Waals surface area contributed by atoms with Crippen molar-refractivity contribution in [2.24, 2.45) is 5.92 Å². The Morgan fingerprint density at radius 2 is 1.59 bits per heavy atom. The van der Waals surface area contributed by atoms with Crippen LogP contribution in [-0.2, 0) is 12.8 Å². The van der Waals surface area contributed by atoms with E-state index in [-0.39, 0.29) is 0 Å². The topological polar surface area (TPSA) is 9.23 Å². The first-order valence-corrected chi connectivity index (χ1v) is 11.7. The molecule has 0 heterocycles. The van der Waals surface area contributed by atoms with Crippen molar-refractivity contribution >= 4 is 0 Å². The van der Waals surface area contributed by atoms with E-state index in [4.69, 9.17) is 4.74 Å². The minimum Gasteiger partial charge on any atom is -0.490 e. The van der Waals surface area contributed by atoms with Gasteiger partial charge in [-0.3, -0.25) is 0 Å². The molecule has 2 aliphatic carbocycles. The molecule has 0 aromatic heterocycles. The third-order valence-corrected chi connectivity index (χ3v) is 7.29. The lowest BCUT2D eigenvalue weighted by Gasteiger charge is -2.29. The van der Waals surface area contributed by atoms with E-state index in [1.165, 1.54) is 55.2 Å². The van der Waals surface area contributed by atoms with Gasteiger partial charge in [-0.05, 0) is 104 Å². The maximum Gasteiger partial charge on any atom is 0.120 e. The highest BCUT2D eigenvalue weighted by Crippen LogP contribution is 2.38. The van der Waals surface area contributed by atoms with E-state index in [9.17, 15) is 0 Å². The van der Waals surface area contributed by atoms with E-state index in [2.05, 4.69) is 55.5 Å². The molecule has 1 saturated carbocycles. The fourth-order valence-electron chi connectivity index (χ4n) is 5.29. The lowest BCUT2D eigenvalue weighted by Crippen LogP contribution is -2.14. The molecule has 0 bridgehead atoms. The van der Waals surface area contributed by atoms with E-state index in [0.717, 1.165) is 30.4 Å². The average Bonchev–Trinajstić information content (AvgIpc) is 2.79. The van der Waals surface area contributed by atoms with Crippen LogP contribution < -0.4 is 4.74 Å². The quantitative estimate of drug-likeness (QED) is 0.463. The van der Waals surface area contributed by atoms with Gasteiger partial charge in [-0.25, -0.2) is 0 Å². The molecular weight excluding hydrogens is 352 g/mol. The third kappa shape index (κ3) is 4.94. The van der Waals surface area contributed by atoms with Gasteiger partial charge in [0.15, 0.2) is 0 Å². The Hall–Kier alpha value is -2.02. The second kappa shape index (κ2) is 9.65. The molecule has 1 fully saturated rings. The number of rotatable bonds is 6. The molecule has 0 N–H and O–H groups in total. The van der Waals surface area contributed by atoms with Gasteiger partial charge in [-0.1, -0.05) is 55.8 Å². The van der Waals surface area contributed by atoms with E-state index in [0.29, 0.717) is 12.5 Å². The number of aryl methyl sites for hydroxylation is 1. The van der Waals surface area contributed by atoms with Crippen LogP contribution in [0.3, 0.4) is 0 Å². The molecule has 2 aliphatic rings. The molecule has 2 aromatic carbocycles. The Bertz CT molecular complexity index is 809.